The van der Waals surface area contributed by atoms with Crippen LogP contribution in [-0.4, -0.2) is 22.7 Å². The van der Waals surface area contributed by atoms with Gasteiger partial charge in [0, 0.05) is 28.8 Å². The number of hydrogen-bond acceptors (Lipinski definition) is 8. The molecule has 9 heteroatoms. The molecule has 1 N–H and O–H groups in total. The molecule has 3 aromatic heterocycles. The van der Waals surface area contributed by atoms with Crippen LogP contribution in [0.3, 0.4) is 0 Å². The number of nitrogens with zero attached hydrogens (tertiary/aromatic N) is 2. The highest BCUT2D eigenvalue weighted by Crippen LogP contribution is 2.27. The van der Waals surface area contributed by atoms with Gasteiger partial charge in [-0.3, -0.25) is 5.32 Å². The van der Waals surface area contributed by atoms with E-state index in [0.29, 0.717) is 28.1 Å². The second-order valence-corrected chi connectivity index (χ2v) is 6.65. The average Bonchev–Trinajstić information content (AvgIpc) is 3.15. The van der Waals surface area contributed by atoms with Crippen LogP contribution in [0.4, 0.5) is 10.5 Å². The number of thiophene rings is 1. The number of carbonyl (C=O) groups is 1. The van der Waals surface area contributed by atoms with Crippen LogP contribution in [0.25, 0.3) is 21.2 Å². The van der Waals surface area contributed by atoms with Gasteiger partial charge >= 0.3 is 11.7 Å². The number of amides is 1. The zero-order valence-electron chi connectivity index (χ0n) is 14.8. The van der Waals surface area contributed by atoms with Gasteiger partial charge in [0.1, 0.15) is 23.3 Å². The van der Waals surface area contributed by atoms with E-state index in [9.17, 15) is 9.59 Å². The summed E-state index contributed by atoms with van der Waals surface area (Å²) < 4.78 is 16.0. The maximum absolute atomic E-state index is 12.0. The van der Waals surface area contributed by atoms with Gasteiger partial charge in [0.25, 0.3) is 0 Å². The molecule has 0 unspecified atom stereocenters. The Kier molecular flexibility index (Phi) is 4.90. The minimum absolute atomic E-state index is 0.134. The first kappa shape index (κ1) is 17.9. The van der Waals surface area contributed by atoms with E-state index in [1.54, 1.807) is 25.1 Å². The van der Waals surface area contributed by atoms with Crippen molar-refractivity contribution in [3.8, 4) is 5.88 Å². The lowest BCUT2D eigenvalue weighted by Crippen LogP contribution is -2.13. The number of benzene rings is 1. The number of rotatable bonds is 5. The zero-order valence-corrected chi connectivity index (χ0v) is 15.6. The van der Waals surface area contributed by atoms with Crippen LogP contribution < -0.4 is 15.7 Å². The fourth-order valence-corrected chi connectivity index (χ4v) is 3.46. The smallest absolute Gasteiger partial charge is 0.411 e. The highest BCUT2D eigenvalue weighted by molar-refractivity contribution is 7.16. The Labute approximate surface area is 162 Å². The van der Waals surface area contributed by atoms with E-state index in [4.69, 9.17) is 13.9 Å². The first-order valence-corrected chi connectivity index (χ1v) is 9.33. The number of nitrogens with one attached hydrogen (secondary N) is 1. The van der Waals surface area contributed by atoms with E-state index in [2.05, 4.69) is 15.3 Å². The lowest BCUT2D eigenvalue weighted by atomic mass is 10.1. The van der Waals surface area contributed by atoms with E-state index in [-0.39, 0.29) is 13.2 Å². The first-order valence-electron chi connectivity index (χ1n) is 8.45. The third kappa shape index (κ3) is 3.65. The number of carbonyl (C=O) groups excluding carboxylic acids is 1. The molecule has 3 heterocycles. The van der Waals surface area contributed by atoms with Crippen molar-refractivity contribution in [2.75, 3.05) is 11.9 Å². The maximum atomic E-state index is 12.0. The standard InChI is InChI=1S/C19H15N3O5S/c1-2-25-19(24)22-12-3-4-13-11(7-16(23)27-15(13)8-12)9-26-17-14-5-6-28-18(14)21-10-20-17/h3-8,10H,2,9H2,1H3,(H,22,24). The fourth-order valence-electron chi connectivity index (χ4n) is 2.74. The van der Waals surface area contributed by atoms with Gasteiger partial charge in [0.05, 0.1) is 12.0 Å². The largest absolute Gasteiger partial charge is 0.472 e. The van der Waals surface area contributed by atoms with Crippen molar-refractivity contribution in [2.24, 2.45) is 0 Å². The second-order valence-electron chi connectivity index (χ2n) is 5.75. The molecule has 142 valence electrons. The topological polar surface area (TPSA) is 104 Å². The number of hydrogen-bond donors (Lipinski definition) is 1. The molecule has 8 nitrogen and oxygen atoms in total. The molecule has 0 fully saturated rings. The van der Waals surface area contributed by atoms with Crippen LogP contribution in [0, 0.1) is 0 Å². The van der Waals surface area contributed by atoms with Crippen LogP contribution in [-0.2, 0) is 11.3 Å². The van der Waals surface area contributed by atoms with E-state index in [1.165, 1.54) is 23.7 Å². The Hall–Kier alpha value is -3.46. The molecular formula is C19H15N3O5S. The minimum atomic E-state index is -0.577. The molecule has 0 atom stereocenters. The SMILES string of the molecule is CCOC(=O)Nc1ccc2c(COc3ncnc4sccc34)cc(=O)oc2c1. The third-order valence-electron chi connectivity index (χ3n) is 3.94. The van der Waals surface area contributed by atoms with Crippen LogP contribution in [0.2, 0.25) is 0 Å². The molecule has 0 radical (unpaired) electrons. The van der Waals surface area contributed by atoms with E-state index >= 15 is 0 Å². The molecule has 0 saturated carbocycles. The number of aromatic nitrogens is 2. The van der Waals surface area contributed by atoms with E-state index in [0.717, 1.165) is 10.2 Å². The maximum Gasteiger partial charge on any atom is 0.411 e. The molecule has 0 aliphatic carbocycles. The van der Waals surface area contributed by atoms with Crippen LogP contribution in [0.5, 0.6) is 5.88 Å². The fraction of sp³-hybridized carbons (Fsp3) is 0.158. The van der Waals surface area contributed by atoms with E-state index < -0.39 is 11.7 Å². The zero-order chi connectivity index (χ0) is 19.5. The quantitative estimate of drug-likeness (QED) is 0.509. The highest BCUT2D eigenvalue weighted by atomic mass is 32.1. The van der Waals surface area contributed by atoms with Crippen molar-refractivity contribution < 1.29 is 18.7 Å². The number of ether oxygens (including phenoxy) is 2. The molecule has 0 aliphatic heterocycles. The monoisotopic (exact) mass is 397 g/mol. The van der Waals surface area contributed by atoms with Gasteiger partial charge in [-0.25, -0.2) is 19.6 Å². The van der Waals surface area contributed by atoms with Gasteiger partial charge in [-0.1, -0.05) is 0 Å². The normalized spacial score (nSPS) is 10.9. The van der Waals surface area contributed by atoms with Crippen molar-refractivity contribution in [2.45, 2.75) is 13.5 Å². The molecule has 0 aliphatic rings. The Morgan fingerprint density at radius 3 is 2.96 bits per heavy atom. The van der Waals surface area contributed by atoms with Gasteiger partial charge < -0.3 is 13.9 Å². The summed E-state index contributed by atoms with van der Waals surface area (Å²) in [4.78, 5) is 32.7. The molecular weight excluding hydrogens is 382 g/mol. The van der Waals surface area contributed by atoms with Crippen LogP contribution in [0.15, 0.2) is 51.3 Å². The summed E-state index contributed by atoms with van der Waals surface area (Å²) in [5, 5.41) is 6.01. The molecule has 28 heavy (non-hydrogen) atoms. The molecule has 0 saturated heterocycles. The van der Waals surface area contributed by atoms with Gasteiger partial charge in [-0.2, -0.15) is 0 Å². The van der Waals surface area contributed by atoms with Gasteiger partial charge in [0.15, 0.2) is 0 Å². The first-order chi connectivity index (χ1) is 13.6. The summed E-state index contributed by atoms with van der Waals surface area (Å²) in [5.74, 6) is 0.452. The number of anilines is 1. The molecule has 1 amide bonds. The summed E-state index contributed by atoms with van der Waals surface area (Å²) in [5.41, 5.74) is 0.936. The summed E-state index contributed by atoms with van der Waals surface area (Å²) >= 11 is 1.50. The van der Waals surface area contributed by atoms with Crippen molar-refractivity contribution >= 4 is 44.3 Å². The van der Waals surface area contributed by atoms with Crippen molar-refractivity contribution in [1.29, 1.82) is 0 Å². The van der Waals surface area contributed by atoms with Gasteiger partial charge in [-0.05, 0) is 30.5 Å². The van der Waals surface area contributed by atoms with E-state index in [1.807, 2.05) is 11.4 Å². The third-order valence-corrected chi connectivity index (χ3v) is 4.76. The van der Waals surface area contributed by atoms with Crippen LogP contribution >= 0.6 is 11.3 Å². The summed E-state index contributed by atoms with van der Waals surface area (Å²) in [6.07, 6.45) is 0.867. The van der Waals surface area contributed by atoms with Crippen LogP contribution in [0.1, 0.15) is 12.5 Å². The number of fused-ring (bicyclic) bond motifs is 2. The Balaban J connectivity index is 1.62. The lowest BCUT2D eigenvalue weighted by molar-refractivity contribution is 0.168. The molecule has 0 spiro atoms. The molecule has 4 aromatic rings. The van der Waals surface area contributed by atoms with Crippen molar-refractivity contribution in [3.05, 3.63) is 58.0 Å². The summed E-state index contributed by atoms with van der Waals surface area (Å²) in [6.45, 7) is 2.11. The molecule has 4 rings (SSSR count). The predicted octanol–water partition coefficient (Wildman–Crippen LogP) is 3.95. The summed E-state index contributed by atoms with van der Waals surface area (Å²) in [7, 11) is 0. The average molecular weight is 397 g/mol. The molecule has 1 aromatic carbocycles. The second kappa shape index (κ2) is 7.65. The Bertz CT molecular complexity index is 1220. The minimum Gasteiger partial charge on any atom is -0.472 e. The Morgan fingerprint density at radius 1 is 1.21 bits per heavy atom. The van der Waals surface area contributed by atoms with Gasteiger partial charge in [-0.15, -0.1) is 11.3 Å². The van der Waals surface area contributed by atoms with Gasteiger partial charge in [0.2, 0.25) is 5.88 Å². The summed E-state index contributed by atoms with van der Waals surface area (Å²) in [6, 6.07) is 8.29. The highest BCUT2D eigenvalue weighted by Gasteiger charge is 2.11. The van der Waals surface area contributed by atoms with Crippen molar-refractivity contribution in [3.63, 3.8) is 0 Å². The lowest BCUT2D eigenvalue weighted by Gasteiger charge is -2.10. The predicted molar refractivity (Wildman–Crippen MR) is 105 cm³/mol. The van der Waals surface area contributed by atoms with Crippen molar-refractivity contribution in [1.82, 2.24) is 9.97 Å². The Morgan fingerprint density at radius 2 is 2.11 bits per heavy atom. The molecule has 0 bridgehead atoms.